The number of ether oxygens (including phenoxy) is 2. The highest BCUT2D eigenvalue weighted by atomic mass is 16.5. The first-order valence-electron chi connectivity index (χ1n) is 11.8. The molecule has 4 rings (SSSR count). The fourth-order valence-electron chi connectivity index (χ4n) is 4.13. The highest BCUT2D eigenvalue weighted by Crippen LogP contribution is 2.30. The van der Waals surface area contributed by atoms with Gasteiger partial charge < -0.3 is 19.3 Å². The fourth-order valence-corrected chi connectivity index (χ4v) is 4.13. The first-order valence-corrected chi connectivity index (χ1v) is 11.8. The number of hydrogen-bond donors (Lipinski definition) is 1. The monoisotopic (exact) mass is 464 g/mol. The molecule has 2 aromatic rings. The number of amides is 2. The molecule has 2 amide bonds. The molecule has 34 heavy (non-hydrogen) atoms. The molecule has 0 aliphatic carbocycles. The molecule has 0 aromatic heterocycles. The van der Waals surface area contributed by atoms with Crippen molar-refractivity contribution in [2.24, 2.45) is 4.99 Å². The number of carbonyl (C=O) groups is 2. The Hall–Kier alpha value is -3.55. The van der Waals surface area contributed by atoms with Crippen LogP contribution in [0.25, 0.3) is 0 Å². The van der Waals surface area contributed by atoms with E-state index in [-0.39, 0.29) is 11.8 Å². The van der Waals surface area contributed by atoms with Gasteiger partial charge in [-0.3, -0.25) is 14.9 Å². The third-order valence-corrected chi connectivity index (χ3v) is 6.08. The van der Waals surface area contributed by atoms with Crippen LogP contribution in [0.4, 0.5) is 5.69 Å². The van der Waals surface area contributed by atoms with Crippen LogP contribution in [0.2, 0.25) is 0 Å². The van der Waals surface area contributed by atoms with Crippen LogP contribution in [-0.4, -0.2) is 54.9 Å². The quantitative estimate of drug-likeness (QED) is 0.514. The molecule has 0 atom stereocenters. The van der Waals surface area contributed by atoms with Crippen molar-refractivity contribution in [1.82, 2.24) is 15.1 Å². The van der Waals surface area contributed by atoms with Crippen LogP contribution >= 0.6 is 0 Å². The van der Waals surface area contributed by atoms with Crippen molar-refractivity contribution >= 4 is 23.5 Å². The van der Waals surface area contributed by atoms with E-state index in [4.69, 9.17) is 9.47 Å². The number of carbonyl (C=O) groups excluding carboxylic acids is 2. The molecule has 1 saturated heterocycles. The number of unbranched alkanes of at least 4 members (excludes halogenated alkanes) is 3. The molecule has 0 saturated carbocycles. The van der Waals surface area contributed by atoms with Gasteiger partial charge in [-0.25, -0.2) is 4.99 Å². The van der Waals surface area contributed by atoms with Gasteiger partial charge in [0.25, 0.3) is 0 Å². The molecule has 2 aromatic carbocycles. The SMILES string of the molecule is COc1ccc(CN(C)C(=O)CCCCCCOc2ccc3c(c2)CN2CC(=O)NC2=N3)cc1. The number of guanidine groups is 1. The summed E-state index contributed by atoms with van der Waals surface area (Å²) < 4.78 is 11.1. The first kappa shape index (κ1) is 23.6. The van der Waals surface area contributed by atoms with Crippen molar-refractivity contribution in [3.05, 3.63) is 53.6 Å². The highest BCUT2D eigenvalue weighted by Gasteiger charge is 2.29. The zero-order valence-corrected chi connectivity index (χ0v) is 19.9. The van der Waals surface area contributed by atoms with Crippen molar-refractivity contribution in [2.75, 3.05) is 27.3 Å². The largest absolute Gasteiger partial charge is 0.497 e. The second-order valence-corrected chi connectivity index (χ2v) is 8.74. The van der Waals surface area contributed by atoms with Gasteiger partial charge in [-0.2, -0.15) is 0 Å². The van der Waals surface area contributed by atoms with Gasteiger partial charge in [-0.05, 0) is 48.7 Å². The number of hydrogen-bond acceptors (Lipinski definition) is 6. The van der Waals surface area contributed by atoms with Crippen LogP contribution in [0.5, 0.6) is 11.5 Å². The number of fused-ring (bicyclic) bond motifs is 2. The summed E-state index contributed by atoms with van der Waals surface area (Å²) in [5.41, 5.74) is 3.03. The Morgan fingerprint density at radius 2 is 1.82 bits per heavy atom. The third kappa shape index (κ3) is 6.07. The summed E-state index contributed by atoms with van der Waals surface area (Å²) in [4.78, 5) is 32.2. The van der Waals surface area contributed by atoms with Crippen molar-refractivity contribution in [3.8, 4) is 11.5 Å². The molecule has 1 N–H and O–H groups in total. The lowest BCUT2D eigenvalue weighted by atomic mass is 10.1. The number of rotatable bonds is 11. The van der Waals surface area contributed by atoms with Crippen molar-refractivity contribution in [2.45, 2.75) is 45.2 Å². The lowest BCUT2D eigenvalue weighted by molar-refractivity contribution is -0.130. The Kier molecular flexibility index (Phi) is 7.67. The van der Waals surface area contributed by atoms with Crippen LogP contribution in [0.1, 0.15) is 43.2 Å². The van der Waals surface area contributed by atoms with Gasteiger partial charge in [0.1, 0.15) is 18.0 Å². The van der Waals surface area contributed by atoms with Crippen molar-refractivity contribution in [3.63, 3.8) is 0 Å². The van der Waals surface area contributed by atoms with Crippen LogP contribution in [0.15, 0.2) is 47.5 Å². The normalized spacial score (nSPS) is 14.1. The first-order chi connectivity index (χ1) is 16.5. The lowest BCUT2D eigenvalue weighted by Gasteiger charge is -2.23. The van der Waals surface area contributed by atoms with E-state index in [0.717, 1.165) is 54.0 Å². The maximum absolute atomic E-state index is 12.4. The van der Waals surface area contributed by atoms with Crippen LogP contribution in [0, 0.1) is 0 Å². The van der Waals surface area contributed by atoms with Gasteiger partial charge >= 0.3 is 0 Å². The van der Waals surface area contributed by atoms with Gasteiger partial charge in [0, 0.05) is 32.1 Å². The van der Waals surface area contributed by atoms with Gasteiger partial charge in [0.2, 0.25) is 17.8 Å². The molecular formula is C26H32N4O4. The van der Waals surface area contributed by atoms with E-state index in [2.05, 4.69) is 10.3 Å². The molecule has 8 heteroatoms. The Labute approximate surface area is 200 Å². The van der Waals surface area contributed by atoms with E-state index >= 15 is 0 Å². The van der Waals surface area contributed by atoms with E-state index in [1.807, 2.05) is 54.4 Å². The molecule has 0 spiro atoms. The summed E-state index contributed by atoms with van der Waals surface area (Å²) in [5, 5.41) is 2.78. The van der Waals surface area contributed by atoms with Gasteiger partial charge in [0.05, 0.1) is 19.4 Å². The summed E-state index contributed by atoms with van der Waals surface area (Å²) in [5.74, 6) is 2.43. The predicted molar refractivity (Wildman–Crippen MR) is 130 cm³/mol. The summed E-state index contributed by atoms with van der Waals surface area (Å²) in [6.45, 7) is 2.26. The minimum absolute atomic E-state index is 0.0198. The molecule has 0 radical (unpaired) electrons. The van der Waals surface area contributed by atoms with E-state index in [1.165, 1.54) is 0 Å². The molecule has 0 bridgehead atoms. The van der Waals surface area contributed by atoms with E-state index in [1.54, 1.807) is 12.0 Å². The van der Waals surface area contributed by atoms with E-state index in [9.17, 15) is 9.59 Å². The molecule has 0 unspecified atom stereocenters. The summed E-state index contributed by atoms with van der Waals surface area (Å²) in [6, 6.07) is 13.7. The van der Waals surface area contributed by atoms with Crippen molar-refractivity contribution in [1.29, 1.82) is 0 Å². The molecule has 1 fully saturated rings. The lowest BCUT2D eigenvalue weighted by Crippen LogP contribution is -2.31. The Morgan fingerprint density at radius 3 is 2.62 bits per heavy atom. The third-order valence-electron chi connectivity index (χ3n) is 6.08. The zero-order chi connectivity index (χ0) is 23.9. The number of methoxy groups -OCH3 is 1. The molecule has 2 aliphatic heterocycles. The van der Waals surface area contributed by atoms with Crippen LogP contribution in [0.3, 0.4) is 0 Å². The number of nitrogens with one attached hydrogen (secondary N) is 1. The average molecular weight is 465 g/mol. The maximum atomic E-state index is 12.4. The standard InChI is InChI=1S/C26H32N4O4/c1-29(16-19-8-10-21(33-2)11-9-19)25(32)7-5-3-4-6-14-34-22-12-13-23-20(15-22)17-30-18-24(31)28-26(30)27-23/h8-13,15H,3-7,14,16-18H2,1-2H3,(H,27,28,31). The van der Waals surface area contributed by atoms with Crippen molar-refractivity contribution < 1.29 is 19.1 Å². The molecule has 2 heterocycles. The van der Waals surface area contributed by atoms with Gasteiger partial charge in [-0.1, -0.05) is 25.0 Å². The molecule has 2 aliphatic rings. The zero-order valence-electron chi connectivity index (χ0n) is 19.9. The summed E-state index contributed by atoms with van der Waals surface area (Å²) >= 11 is 0. The number of benzene rings is 2. The smallest absolute Gasteiger partial charge is 0.246 e. The molecule has 8 nitrogen and oxygen atoms in total. The Bertz CT molecular complexity index is 1050. The number of nitrogens with zero attached hydrogens (tertiary/aromatic N) is 3. The summed E-state index contributed by atoms with van der Waals surface area (Å²) in [7, 11) is 3.50. The second-order valence-electron chi connectivity index (χ2n) is 8.74. The van der Waals surface area contributed by atoms with E-state index < -0.39 is 0 Å². The summed E-state index contributed by atoms with van der Waals surface area (Å²) in [6.07, 6.45) is 4.42. The second kappa shape index (κ2) is 11.0. The fraction of sp³-hybridized carbons (Fsp3) is 0.423. The highest BCUT2D eigenvalue weighted by molar-refractivity contribution is 6.05. The predicted octanol–water partition coefficient (Wildman–Crippen LogP) is 3.62. The maximum Gasteiger partial charge on any atom is 0.246 e. The van der Waals surface area contributed by atoms with Crippen LogP contribution < -0.4 is 14.8 Å². The number of aliphatic imine (C=N–C) groups is 1. The topological polar surface area (TPSA) is 83.5 Å². The Balaban J connectivity index is 1.10. The molecular weight excluding hydrogens is 432 g/mol. The van der Waals surface area contributed by atoms with E-state index in [0.29, 0.717) is 38.6 Å². The van der Waals surface area contributed by atoms with Gasteiger partial charge in [-0.15, -0.1) is 0 Å². The minimum Gasteiger partial charge on any atom is -0.497 e. The molecule has 180 valence electrons. The van der Waals surface area contributed by atoms with Crippen LogP contribution in [-0.2, 0) is 22.7 Å². The average Bonchev–Trinajstić information content (AvgIpc) is 3.20. The Morgan fingerprint density at radius 1 is 1.06 bits per heavy atom. The minimum atomic E-state index is -0.0198. The van der Waals surface area contributed by atoms with Gasteiger partial charge in [0.15, 0.2) is 0 Å².